The van der Waals surface area contributed by atoms with Gasteiger partial charge in [-0.05, 0) is 6.42 Å². The summed E-state index contributed by atoms with van der Waals surface area (Å²) in [6.45, 7) is 3.14. The van der Waals surface area contributed by atoms with Gasteiger partial charge in [-0.25, -0.2) is 0 Å². The Morgan fingerprint density at radius 3 is 3.10 bits per heavy atom. The zero-order valence-corrected chi connectivity index (χ0v) is 11.5. The summed E-state index contributed by atoms with van der Waals surface area (Å²) in [5.74, 6) is 1.41. The van der Waals surface area contributed by atoms with Crippen molar-refractivity contribution in [3.05, 3.63) is 6.20 Å². The topological polar surface area (TPSA) is 98.8 Å². The summed E-state index contributed by atoms with van der Waals surface area (Å²) >= 11 is 0. The van der Waals surface area contributed by atoms with Crippen LogP contribution in [-0.2, 0) is 4.79 Å². The lowest BCUT2D eigenvalue weighted by atomic mass is 10.2. The highest BCUT2D eigenvalue weighted by molar-refractivity contribution is 5.87. The highest BCUT2D eigenvalue weighted by Crippen LogP contribution is 2.26. The molecule has 1 aliphatic rings. The average molecular weight is 275 g/mol. The fraction of sp³-hybridized carbons (Fsp3) is 0.500. The summed E-state index contributed by atoms with van der Waals surface area (Å²) in [6, 6.07) is 0.169. The van der Waals surface area contributed by atoms with Crippen LogP contribution in [0.4, 0.5) is 11.8 Å². The first-order valence-corrected chi connectivity index (χ1v) is 6.58. The van der Waals surface area contributed by atoms with Crippen molar-refractivity contribution < 1.29 is 4.79 Å². The molecule has 1 fully saturated rings. The standard InChI is InChI=1S/C12H17N7O/c1-7(20)15-8-3-4-19(6-8)11-9-5-14-18-10(9)16-12(13-2)17-11/h5,8H,3-4,6H2,1-2H3,(H,15,20)(H2,13,14,16,17,18). The molecule has 0 radical (unpaired) electrons. The molecule has 106 valence electrons. The van der Waals surface area contributed by atoms with Crippen LogP contribution in [0.5, 0.6) is 0 Å². The molecule has 1 saturated heterocycles. The number of fused-ring (bicyclic) bond motifs is 1. The lowest BCUT2D eigenvalue weighted by molar-refractivity contribution is -0.119. The van der Waals surface area contributed by atoms with Gasteiger partial charge in [0.05, 0.1) is 11.6 Å². The van der Waals surface area contributed by atoms with Crippen LogP contribution in [0.1, 0.15) is 13.3 Å². The number of carbonyl (C=O) groups is 1. The van der Waals surface area contributed by atoms with Crippen molar-refractivity contribution in [2.75, 3.05) is 30.4 Å². The van der Waals surface area contributed by atoms with E-state index in [1.54, 1.807) is 20.2 Å². The van der Waals surface area contributed by atoms with Gasteiger partial charge >= 0.3 is 0 Å². The van der Waals surface area contributed by atoms with E-state index >= 15 is 0 Å². The summed E-state index contributed by atoms with van der Waals surface area (Å²) in [7, 11) is 1.78. The largest absolute Gasteiger partial charge is 0.357 e. The van der Waals surface area contributed by atoms with Gasteiger partial charge in [0.1, 0.15) is 5.82 Å². The van der Waals surface area contributed by atoms with E-state index < -0.39 is 0 Å². The Bertz CT molecular complexity index is 638. The molecule has 0 spiro atoms. The number of nitrogens with one attached hydrogen (secondary N) is 3. The van der Waals surface area contributed by atoms with Gasteiger partial charge in [-0.3, -0.25) is 9.89 Å². The van der Waals surface area contributed by atoms with Crippen molar-refractivity contribution in [2.24, 2.45) is 0 Å². The third-order valence-corrected chi connectivity index (χ3v) is 3.41. The van der Waals surface area contributed by atoms with E-state index in [1.807, 2.05) is 0 Å². The van der Waals surface area contributed by atoms with Crippen LogP contribution in [-0.4, -0.2) is 52.3 Å². The number of aromatic nitrogens is 4. The number of anilines is 2. The molecule has 1 aliphatic heterocycles. The number of nitrogens with zero attached hydrogens (tertiary/aromatic N) is 4. The normalized spacial score (nSPS) is 18.5. The van der Waals surface area contributed by atoms with E-state index in [1.165, 1.54) is 0 Å². The van der Waals surface area contributed by atoms with Crippen LogP contribution in [0.15, 0.2) is 6.20 Å². The van der Waals surface area contributed by atoms with Crippen LogP contribution in [0, 0.1) is 0 Å². The summed E-state index contributed by atoms with van der Waals surface area (Å²) < 4.78 is 0. The monoisotopic (exact) mass is 275 g/mol. The maximum Gasteiger partial charge on any atom is 0.226 e. The molecule has 3 rings (SSSR count). The van der Waals surface area contributed by atoms with Crippen molar-refractivity contribution in [1.29, 1.82) is 0 Å². The molecule has 0 saturated carbocycles. The summed E-state index contributed by atoms with van der Waals surface area (Å²) in [4.78, 5) is 22.1. The van der Waals surface area contributed by atoms with Gasteiger partial charge in [0.2, 0.25) is 11.9 Å². The molecule has 3 N–H and O–H groups in total. The van der Waals surface area contributed by atoms with Crippen molar-refractivity contribution >= 4 is 28.7 Å². The first-order chi connectivity index (χ1) is 9.67. The SMILES string of the molecule is CNc1nc(N2CCC(NC(C)=O)C2)c2cn[nH]c2n1. The second kappa shape index (κ2) is 4.95. The molecule has 8 heteroatoms. The molecule has 2 aromatic rings. The minimum absolute atomic E-state index is 0.00362. The van der Waals surface area contributed by atoms with E-state index in [0.717, 1.165) is 30.7 Å². The lowest BCUT2D eigenvalue weighted by Gasteiger charge is -2.18. The maximum absolute atomic E-state index is 11.1. The summed E-state index contributed by atoms with van der Waals surface area (Å²) in [5, 5.41) is 13.7. The molecule has 0 aromatic carbocycles. The average Bonchev–Trinajstić information content (AvgIpc) is 3.05. The van der Waals surface area contributed by atoms with Crippen molar-refractivity contribution in [3.8, 4) is 0 Å². The number of hydrogen-bond acceptors (Lipinski definition) is 6. The fourth-order valence-electron chi connectivity index (χ4n) is 2.53. The van der Waals surface area contributed by atoms with Gasteiger partial charge in [-0.15, -0.1) is 0 Å². The molecule has 0 bridgehead atoms. The van der Waals surface area contributed by atoms with Crippen LogP contribution in [0.2, 0.25) is 0 Å². The Hall–Kier alpha value is -2.38. The van der Waals surface area contributed by atoms with Gasteiger partial charge in [-0.2, -0.15) is 15.1 Å². The van der Waals surface area contributed by atoms with Gasteiger partial charge in [0.25, 0.3) is 0 Å². The zero-order chi connectivity index (χ0) is 14.1. The van der Waals surface area contributed by atoms with E-state index in [0.29, 0.717) is 11.6 Å². The quantitative estimate of drug-likeness (QED) is 0.735. The van der Waals surface area contributed by atoms with Crippen LogP contribution < -0.4 is 15.5 Å². The van der Waals surface area contributed by atoms with Crippen molar-refractivity contribution in [3.63, 3.8) is 0 Å². The third kappa shape index (κ3) is 2.24. The number of rotatable bonds is 3. The first-order valence-electron chi connectivity index (χ1n) is 6.58. The smallest absolute Gasteiger partial charge is 0.226 e. The van der Waals surface area contributed by atoms with E-state index in [4.69, 9.17) is 0 Å². The van der Waals surface area contributed by atoms with Crippen molar-refractivity contribution in [2.45, 2.75) is 19.4 Å². The Morgan fingerprint density at radius 1 is 1.50 bits per heavy atom. The van der Waals surface area contributed by atoms with Gasteiger partial charge in [0, 0.05) is 33.1 Å². The van der Waals surface area contributed by atoms with Crippen molar-refractivity contribution in [1.82, 2.24) is 25.5 Å². The predicted molar refractivity (Wildman–Crippen MR) is 75.7 cm³/mol. The lowest BCUT2D eigenvalue weighted by Crippen LogP contribution is -2.35. The van der Waals surface area contributed by atoms with Gasteiger partial charge in [0.15, 0.2) is 5.65 Å². The minimum atomic E-state index is 0.00362. The molecule has 20 heavy (non-hydrogen) atoms. The first kappa shape index (κ1) is 12.6. The van der Waals surface area contributed by atoms with E-state index in [9.17, 15) is 4.79 Å². The molecule has 3 heterocycles. The summed E-state index contributed by atoms with van der Waals surface area (Å²) in [6.07, 6.45) is 2.65. The van der Waals surface area contributed by atoms with Gasteiger partial charge < -0.3 is 15.5 Å². The highest BCUT2D eigenvalue weighted by Gasteiger charge is 2.26. The molecule has 1 atom stereocenters. The molecule has 0 aliphatic carbocycles. The summed E-state index contributed by atoms with van der Waals surface area (Å²) in [5.41, 5.74) is 0.710. The molecule has 2 aromatic heterocycles. The van der Waals surface area contributed by atoms with Gasteiger partial charge in [-0.1, -0.05) is 0 Å². The Labute approximate surface area is 116 Å². The fourth-order valence-corrected chi connectivity index (χ4v) is 2.53. The second-order valence-electron chi connectivity index (χ2n) is 4.89. The Kier molecular flexibility index (Phi) is 3.13. The number of H-pyrrole nitrogens is 1. The van der Waals surface area contributed by atoms with Crippen LogP contribution in [0.25, 0.3) is 11.0 Å². The highest BCUT2D eigenvalue weighted by atomic mass is 16.1. The number of hydrogen-bond donors (Lipinski definition) is 3. The third-order valence-electron chi connectivity index (χ3n) is 3.41. The maximum atomic E-state index is 11.1. The van der Waals surface area contributed by atoms with E-state index in [-0.39, 0.29) is 11.9 Å². The zero-order valence-electron chi connectivity index (χ0n) is 11.5. The minimum Gasteiger partial charge on any atom is -0.357 e. The Morgan fingerprint density at radius 2 is 2.35 bits per heavy atom. The molecular weight excluding hydrogens is 258 g/mol. The molecular formula is C12H17N7O. The predicted octanol–water partition coefficient (Wildman–Crippen LogP) is 0.109. The number of amides is 1. The van der Waals surface area contributed by atoms with Crippen LogP contribution >= 0.6 is 0 Å². The molecule has 8 nitrogen and oxygen atoms in total. The Balaban J connectivity index is 1.90. The van der Waals surface area contributed by atoms with E-state index in [2.05, 4.69) is 35.7 Å². The second-order valence-corrected chi connectivity index (χ2v) is 4.89. The molecule has 1 amide bonds. The number of aromatic amines is 1. The molecule has 1 unspecified atom stereocenters. The van der Waals surface area contributed by atoms with Crippen LogP contribution in [0.3, 0.4) is 0 Å². The number of carbonyl (C=O) groups excluding carboxylic acids is 1.